The molecule has 2 saturated carbocycles. The summed E-state index contributed by atoms with van der Waals surface area (Å²) in [7, 11) is 0. The van der Waals surface area contributed by atoms with E-state index >= 15 is 0 Å². The van der Waals surface area contributed by atoms with Crippen LogP contribution in [0.3, 0.4) is 0 Å². The SMILES string of the molecule is NC1CCC2CCC(C1)C2. The molecule has 2 rings (SSSR count). The van der Waals surface area contributed by atoms with Crippen LogP contribution >= 0.6 is 0 Å². The molecule has 2 aliphatic rings. The minimum Gasteiger partial charge on any atom is -0.328 e. The number of fused-ring (bicyclic) bond motifs is 2. The van der Waals surface area contributed by atoms with Gasteiger partial charge in [-0.25, -0.2) is 0 Å². The van der Waals surface area contributed by atoms with Gasteiger partial charge in [-0.1, -0.05) is 12.8 Å². The molecule has 2 N–H and O–H groups in total. The van der Waals surface area contributed by atoms with Crippen LogP contribution in [0.5, 0.6) is 0 Å². The second-order valence-corrected chi connectivity index (χ2v) is 4.12. The lowest BCUT2D eigenvalue weighted by Crippen LogP contribution is -2.21. The third-order valence-electron chi connectivity index (χ3n) is 3.23. The topological polar surface area (TPSA) is 26.0 Å². The fourth-order valence-corrected chi connectivity index (χ4v) is 2.65. The molecular weight excluding hydrogens is 122 g/mol. The van der Waals surface area contributed by atoms with Crippen molar-refractivity contribution in [3.63, 3.8) is 0 Å². The normalized spacial score (nSPS) is 47.1. The fraction of sp³-hybridized carbons (Fsp3) is 1.00. The molecule has 0 aromatic heterocycles. The van der Waals surface area contributed by atoms with Crippen LogP contribution in [0.1, 0.15) is 38.5 Å². The highest BCUT2D eigenvalue weighted by molar-refractivity contribution is 4.83. The Kier molecular flexibility index (Phi) is 1.69. The van der Waals surface area contributed by atoms with Crippen molar-refractivity contribution < 1.29 is 0 Å². The molecule has 1 nitrogen and oxygen atoms in total. The van der Waals surface area contributed by atoms with Gasteiger partial charge >= 0.3 is 0 Å². The molecular formula is C9H17N. The summed E-state index contributed by atoms with van der Waals surface area (Å²) in [5.74, 6) is 2.06. The molecule has 0 radical (unpaired) electrons. The van der Waals surface area contributed by atoms with E-state index in [2.05, 4.69) is 0 Å². The molecule has 2 aliphatic carbocycles. The minimum atomic E-state index is 0.537. The molecule has 2 bridgehead atoms. The molecule has 0 amide bonds. The summed E-state index contributed by atoms with van der Waals surface area (Å²) >= 11 is 0. The van der Waals surface area contributed by atoms with Crippen LogP contribution in [0.4, 0.5) is 0 Å². The molecule has 3 unspecified atom stereocenters. The van der Waals surface area contributed by atoms with Gasteiger partial charge in [-0.3, -0.25) is 0 Å². The number of nitrogens with two attached hydrogens (primary N) is 1. The lowest BCUT2D eigenvalue weighted by atomic mass is 9.97. The molecule has 3 atom stereocenters. The zero-order valence-electron chi connectivity index (χ0n) is 6.55. The van der Waals surface area contributed by atoms with E-state index in [-0.39, 0.29) is 0 Å². The van der Waals surface area contributed by atoms with Crippen LogP contribution in [-0.4, -0.2) is 6.04 Å². The Bertz CT molecular complexity index is 122. The van der Waals surface area contributed by atoms with Crippen molar-refractivity contribution in [2.45, 2.75) is 44.6 Å². The van der Waals surface area contributed by atoms with Gasteiger partial charge in [0.1, 0.15) is 0 Å². The molecule has 0 aromatic carbocycles. The Morgan fingerprint density at radius 3 is 2.40 bits per heavy atom. The second-order valence-electron chi connectivity index (χ2n) is 4.12. The maximum Gasteiger partial charge on any atom is 0.00415 e. The van der Waals surface area contributed by atoms with Crippen LogP contribution in [0.2, 0.25) is 0 Å². The van der Waals surface area contributed by atoms with Gasteiger partial charge in [-0.15, -0.1) is 0 Å². The monoisotopic (exact) mass is 139 g/mol. The third-order valence-corrected chi connectivity index (χ3v) is 3.23. The van der Waals surface area contributed by atoms with Crippen LogP contribution in [0.15, 0.2) is 0 Å². The molecule has 0 saturated heterocycles. The predicted molar refractivity (Wildman–Crippen MR) is 42.7 cm³/mol. The highest BCUT2D eigenvalue weighted by Crippen LogP contribution is 2.39. The Labute approximate surface area is 63.0 Å². The number of hydrogen-bond donors (Lipinski definition) is 1. The Morgan fingerprint density at radius 1 is 0.800 bits per heavy atom. The summed E-state index contributed by atoms with van der Waals surface area (Å²) < 4.78 is 0. The first-order valence-corrected chi connectivity index (χ1v) is 4.60. The van der Waals surface area contributed by atoms with Gasteiger partial charge in [-0.05, 0) is 37.5 Å². The van der Waals surface area contributed by atoms with Crippen molar-refractivity contribution in [3.05, 3.63) is 0 Å². The van der Waals surface area contributed by atoms with Gasteiger partial charge < -0.3 is 5.73 Å². The zero-order valence-corrected chi connectivity index (χ0v) is 6.55. The van der Waals surface area contributed by atoms with Crippen molar-refractivity contribution in [1.29, 1.82) is 0 Å². The molecule has 0 heterocycles. The first-order valence-electron chi connectivity index (χ1n) is 4.60. The van der Waals surface area contributed by atoms with E-state index in [4.69, 9.17) is 5.73 Å². The highest BCUT2D eigenvalue weighted by Gasteiger charge is 2.29. The first-order chi connectivity index (χ1) is 4.84. The van der Waals surface area contributed by atoms with Crippen LogP contribution < -0.4 is 5.73 Å². The average molecular weight is 139 g/mol. The van der Waals surface area contributed by atoms with Crippen LogP contribution in [-0.2, 0) is 0 Å². The summed E-state index contributed by atoms with van der Waals surface area (Å²) in [5, 5.41) is 0. The zero-order chi connectivity index (χ0) is 6.97. The van der Waals surface area contributed by atoms with E-state index in [0.29, 0.717) is 6.04 Å². The van der Waals surface area contributed by atoms with E-state index in [9.17, 15) is 0 Å². The molecule has 1 heteroatoms. The molecule has 58 valence electrons. The van der Waals surface area contributed by atoms with Crippen molar-refractivity contribution >= 4 is 0 Å². The largest absolute Gasteiger partial charge is 0.328 e. The first kappa shape index (κ1) is 6.66. The Morgan fingerprint density at radius 2 is 1.50 bits per heavy atom. The predicted octanol–water partition coefficient (Wildman–Crippen LogP) is 1.91. The molecule has 10 heavy (non-hydrogen) atoms. The molecule has 0 aliphatic heterocycles. The van der Waals surface area contributed by atoms with Crippen LogP contribution in [0, 0.1) is 11.8 Å². The lowest BCUT2D eigenvalue weighted by Gasteiger charge is -2.13. The smallest absolute Gasteiger partial charge is 0.00415 e. The van der Waals surface area contributed by atoms with E-state index in [0.717, 1.165) is 11.8 Å². The van der Waals surface area contributed by atoms with Gasteiger partial charge in [0.25, 0.3) is 0 Å². The van der Waals surface area contributed by atoms with Crippen LogP contribution in [0.25, 0.3) is 0 Å². The second kappa shape index (κ2) is 2.54. The van der Waals surface area contributed by atoms with Crippen molar-refractivity contribution in [3.8, 4) is 0 Å². The lowest BCUT2D eigenvalue weighted by molar-refractivity contribution is 0.437. The van der Waals surface area contributed by atoms with E-state index in [1.54, 1.807) is 0 Å². The van der Waals surface area contributed by atoms with E-state index in [1.807, 2.05) is 0 Å². The van der Waals surface area contributed by atoms with Gasteiger partial charge in [0, 0.05) is 6.04 Å². The number of rotatable bonds is 0. The fourth-order valence-electron chi connectivity index (χ4n) is 2.65. The van der Waals surface area contributed by atoms with Gasteiger partial charge in [0.2, 0.25) is 0 Å². The summed E-state index contributed by atoms with van der Waals surface area (Å²) in [6.07, 6.45) is 8.48. The molecule has 2 fully saturated rings. The summed E-state index contributed by atoms with van der Waals surface area (Å²) in [4.78, 5) is 0. The van der Waals surface area contributed by atoms with Gasteiger partial charge in [0.15, 0.2) is 0 Å². The Balaban J connectivity index is 1.99. The quantitative estimate of drug-likeness (QED) is 0.545. The summed E-state index contributed by atoms with van der Waals surface area (Å²) in [5.41, 5.74) is 5.92. The summed E-state index contributed by atoms with van der Waals surface area (Å²) in [6, 6.07) is 0.537. The maximum atomic E-state index is 5.92. The van der Waals surface area contributed by atoms with Crippen molar-refractivity contribution in [2.75, 3.05) is 0 Å². The number of hydrogen-bond acceptors (Lipinski definition) is 1. The Hall–Kier alpha value is -0.0400. The highest BCUT2D eigenvalue weighted by atomic mass is 14.6. The van der Waals surface area contributed by atoms with Gasteiger partial charge in [-0.2, -0.15) is 0 Å². The standard InChI is InChI=1S/C9H17N/c10-9-4-3-7-1-2-8(5-7)6-9/h7-9H,1-6,10H2. The average Bonchev–Trinajstić information content (AvgIpc) is 2.22. The molecule has 0 aromatic rings. The van der Waals surface area contributed by atoms with Crippen molar-refractivity contribution in [2.24, 2.45) is 17.6 Å². The van der Waals surface area contributed by atoms with E-state index in [1.165, 1.54) is 38.5 Å². The maximum absolute atomic E-state index is 5.92. The molecule has 0 spiro atoms. The van der Waals surface area contributed by atoms with E-state index < -0.39 is 0 Å². The third kappa shape index (κ3) is 1.20. The van der Waals surface area contributed by atoms with Gasteiger partial charge in [0.05, 0.1) is 0 Å². The minimum absolute atomic E-state index is 0.537. The van der Waals surface area contributed by atoms with Crippen molar-refractivity contribution in [1.82, 2.24) is 0 Å². The summed E-state index contributed by atoms with van der Waals surface area (Å²) in [6.45, 7) is 0.